The van der Waals surface area contributed by atoms with Crippen molar-refractivity contribution in [1.29, 1.82) is 0 Å². The number of hydrogen-bond acceptors (Lipinski definition) is 7. The van der Waals surface area contributed by atoms with E-state index in [2.05, 4.69) is 28.9 Å². The van der Waals surface area contributed by atoms with Crippen LogP contribution in [0.4, 0.5) is 0 Å². The highest BCUT2D eigenvalue weighted by atomic mass is 16.7. The van der Waals surface area contributed by atoms with Crippen LogP contribution in [0.5, 0.6) is 0 Å². The normalized spacial score (nSPS) is 19.9. The van der Waals surface area contributed by atoms with Crippen LogP contribution in [0.3, 0.4) is 0 Å². The molecule has 4 N–H and O–H groups in total. The van der Waals surface area contributed by atoms with Gasteiger partial charge < -0.3 is 19.9 Å². The average molecular weight is 642 g/mol. The lowest BCUT2D eigenvalue weighted by Gasteiger charge is -2.39. The maximum atomic E-state index is 12.4. The molecule has 0 bridgehead atoms. The highest BCUT2D eigenvalue weighted by Gasteiger charge is 2.34. The van der Waals surface area contributed by atoms with Gasteiger partial charge in [-0.15, -0.1) is 6.58 Å². The highest BCUT2D eigenvalue weighted by molar-refractivity contribution is 5.78. The molecule has 1 saturated carbocycles. The summed E-state index contributed by atoms with van der Waals surface area (Å²) in [5, 5.41) is 21.1. The van der Waals surface area contributed by atoms with Gasteiger partial charge in [0.05, 0.1) is 18.8 Å². The number of rotatable bonds is 15. The lowest BCUT2D eigenvalue weighted by atomic mass is 9.97. The van der Waals surface area contributed by atoms with Crippen molar-refractivity contribution in [2.45, 2.75) is 89.1 Å². The minimum Gasteiger partial charge on any atom is -0.392 e. The summed E-state index contributed by atoms with van der Waals surface area (Å²) in [6.45, 7) is 6.03. The Kier molecular flexibility index (Phi) is 12.7. The van der Waals surface area contributed by atoms with E-state index in [1.165, 1.54) is 25.7 Å². The predicted octanol–water partition coefficient (Wildman–Crippen LogP) is 6.11. The summed E-state index contributed by atoms with van der Waals surface area (Å²) in [6, 6.07) is 24.7. The number of aliphatic hydroxyl groups is 1. The van der Waals surface area contributed by atoms with E-state index in [9.17, 15) is 14.7 Å². The first kappa shape index (κ1) is 34.5. The Morgan fingerprint density at radius 3 is 2.32 bits per heavy atom. The molecule has 0 unspecified atom stereocenters. The number of benzene rings is 3. The fraction of sp³-hybridized carbons (Fsp3) is 0.421. The van der Waals surface area contributed by atoms with Crippen LogP contribution in [0.2, 0.25) is 0 Å². The molecule has 1 aliphatic carbocycles. The second-order valence-electron chi connectivity index (χ2n) is 12.5. The fourth-order valence-corrected chi connectivity index (χ4v) is 6.63. The molecule has 2 aliphatic rings. The van der Waals surface area contributed by atoms with Crippen LogP contribution in [0, 0.1) is 0 Å². The topological polar surface area (TPSA) is 120 Å². The van der Waals surface area contributed by atoms with Crippen molar-refractivity contribution in [3.05, 3.63) is 108 Å². The Bertz CT molecular complexity index is 1450. The van der Waals surface area contributed by atoms with Crippen molar-refractivity contribution in [3.63, 3.8) is 0 Å². The van der Waals surface area contributed by atoms with Crippen LogP contribution in [-0.4, -0.2) is 52.3 Å². The van der Waals surface area contributed by atoms with E-state index >= 15 is 0 Å². The molecule has 3 aromatic rings. The average Bonchev–Trinajstić information content (AvgIpc) is 3.66. The van der Waals surface area contributed by atoms with Gasteiger partial charge in [0.1, 0.15) is 0 Å². The molecule has 47 heavy (non-hydrogen) atoms. The Balaban J connectivity index is 1.30. The Hall–Kier alpha value is -3.86. The van der Waals surface area contributed by atoms with Gasteiger partial charge in [0, 0.05) is 50.5 Å². The molecule has 1 aliphatic heterocycles. The van der Waals surface area contributed by atoms with Crippen molar-refractivity contribution >= 4 is 11.8 Å². The molecule has 2 amide bonds. The zero-order valence-electron chi connectivity index (χ0n) is 27.0. The summed E-state index contributed by atoms with van der Waals surface area (Å²) in [6.07, 6.45) is 7.61. The van der Waals surface area contributed by atoms with E-state index in [1.807, 2.05) is 66.7 Å². The first-order valence-electron chi connectivity index (χ1n) is 16.7. The van der Waals surface area contributed by atoms with Crippen LogP contribution in [-0.2, 0) is 32.2 Å². The number of nitrogens with one attached hydrogen (secondary N) is 2. The molecule has 2 fully saturated rings. The Labute approximate surface area is 277 Å². The summed E-state index contributed by atoms with van der Waals surface area (Å²) >= 11 is 0. The third-order valence-electron chi connectivity index (χ3n) is 9.18. The maximum Gasteiger partial charge on any atom is 0.243 e. The fourth-order valence-electron chi connectivity index (χ4n) is 6.63. The molecular formula is C38H47N3O6. The number of nitrogens with zero attached hydrogens (tertiary/aromatic N) is 1. The molecule has 0 radical (unpaired) electrons. The third-order valence-corrected chi connectivity index (χ3v) is 9.18. The molecular weight excluding hydrogens is 594 g/mol. The van der Waals surface area contributed by atoms with Gasteiger partial charge in [-0.05, 0) is 47.1 Å². The smallest absolute Gasteiger partial charge is 0.243 e. The van der Waals surface area contributed by atoms with E-state index in [0.717, 1.165) is 52.9 Å². The number of hydroxylamine groups is 1. The maximum absolute atomic E-state index is 12.4. The minimum absolute atomic E-state index is 0.00538. The van der Waals surface area contributed by atoms with Crippen molar-refractivity contribution in [2.24, 2.45) is 0 Å². The van der Waals surface area contributed by atoms with Gasteiger partial charge in [-0.25, -0.2) is 5.48 Å². The molecule has 9 nitrogen and oxygen atoms in total. The van der Waals surface area contributed by atoms with Crippen molar-refractivity contribution in [1.82, 2.24) is 15.7 Å². The van der Waals surface area contributed by atoms with Crippen molar-refractivity contribution < 1.29 is 29.4 Å². The number of ether oxygens (including phenoxy) is 2. The van der Waals surface area contributed by atoms with Gasteiger partial charge in [-0.2, -0.15) is 0 Å². The largest absolute Gasteiger partial charge is 0.392 e. The number of amides is 2. The van der Waals surface area contributed by atoms with Gasteiger partial charge in [0.15, 0.2) is 6.29 Å². The van der Waals surface area contributed by atoms with Crippen LogP contribution in [0.1, 0.15) is 86.0 Å². The number of carbonyl (C=O) groups excluding carboxylic acids is 2. The summed E-state index contributed by atoms with van der Waals surface area (Å²) in [7, 11) is 0. The first-order valence-corrected chi connectivity index (χ1v) is 16.7. The lowest BCUT2D eigenvalue weighted by molar-refractivity contribution is -0.253. The quantitative estimate of drug-likeness (QED) is 0.0898. The lowest BCUT2D eigenvalue weighted by Crippen LogP contribution is -2.43. The SMILES string of the molecule is C=CCN(C[C@H]1C[C@@H](c2ccc(CO)cc2)O[C@@H](c2ccc(-c3ccccc3CNC(=O)CCCC(=O)NO)cc2)O1)C1CCCC1. The molecule has 5 rings (SSSR count). The molecule has 3 aromatic carbocycles. The molecule has 1 heterocycles. The highest BCUT2D eigenvalue weighted by Crippen LogP contribution is 2.39. The van der Waals surface area contributed by atoms with E-state index < -0.39 is 12.2 Å². The molecule has 1 saturated heterocycles. The van der Waals surface area contributed by atoms with Gasteiger partial charge in [0.25, 0.3) is 0 Å². The van der Waals surface area contributed by atoms with Gasteiger partial charge in [0.2, 0.25) is 11.8 Å². The second kappa shape index (κ2) is 17.3. The first-order chi connectivity index (χ1) is 23.0. The van der Waals surface area contributed by atoms with E-state index in [1.54, 1.807) is 5.48 Å². The molecule has 0 aromatic heterocycles. The third kappa shape index (κ3) is 9.59. The summed E-state index contributed by atoms with van der Waals surface area (Å²) in [5.41, 5.74) is 7.47. The van der Waals surface area contributed by atoms with E-state index in [-0.39, 0.29) is 37.6 Å². The van der Waals surface area contributed by atoms with Gasteiger partial charge in [-0.1, -0.05) is 91.7 Å². The Morgan fingerprint density at radius 2 is 1.62 bits per heavy atom. The van der Waals surface area contributed by atoms with Crippen LogP contribution >= 0.6 is 0 Å². The zero-order valence-corrected chi connectivity index (χ0v) is 27.0. The van der Waals surface area contributed by atoms with Crippen LogP contribution in [0.25, 0.3) is 11.1 Å². The summed E-state index contributed by atoms with van der Waals surface area (Å²) in [5.74, 6) is -0.653. The van der Waals surface area contributed by atoms with E-state index in [0.29, 0.717) is 19.0 Å². The number of aliphatic hydroxyl groups excluding tert-OH is 1. The van der Waals surface area contributed by atoms with Gasteiger partial charge >= 0.3 is 0 Å². The summed E-state index contributed by atoms with van der Waals surface area (Å²) < 4.78 is 13.3. The van der Waals surface area contributed by atoms with Crippen molar-refractivity contribution in [3.8, 4) is 11.1 Å². The van der Waals surface area contributed by atoms with E-state index in [4.69, 9.17) is 14.7 Å². The molecule has 3 atom stereocenters. The van der Waals surface area contributed by atoms with Crippen molar-refractivity contribution in [2.75, 3.05) is 13.1 Å². The number of carbonyl (C=O) groups is 2. The zero-order chi connectivity index (χ0) is 33.0. The molecule has 0 spiro atoms. The van der Waals surface area contributed by atoms with Crippen LogP contribution < -0.4 is 10.8 Å². The predicted molar refractivity (Wildman–Crippen MR) is 180 cm³/mol. The number of hydrogen-bond donors (Lipinski definition) is 4. The monoisotopic (exact) mass is 641 g/mol. The standard InChI is InChI=1S/C38H47N3O6/c1-2-22-41(32-9-4-5-10-32)25-33-23-35(29-16-14-27(26-42)15-17-29)47-38(46-33)30-20-18-28(19-21-30)34-11-6-3-8-31(34)24-39-36(43)12-7-13-37(44)40-45/h2-3,6,8,11,14-21,32-33,35,38,42,45H,1,4-5,7,9-10,12-13,22-26H2,(H,39,43)(H,40,44)/t33-,35+,38+/m1/s1. The molecule has 9 heteroatoms. The molecule has 250 valence electrons. The van der Waals surface area contributed by atoms with Gasteiger partial charge in [-0.3, -0.25) is 19.7 Å². The second-order valence-corrected chi connectivity index (χ2v) is 12.5. The Morgan fingerprint density at radius 1 is 0.915 bits per heavy atom. The minimum atomic E-state index is -0.540. The van der Waals surface area contributed by atoms with Crippen LogP contribution in [0.15, 0.2) is 85.5 Å². The summed E-state index contributed by atoms with van der Waals surface area (Å²) in [4.78, 5) is 26.1.